The Bertz CT molecular complexity index is 1280. The summed E-state index contributed by atoms with van der Waals surface area (Å²) < 4.78 is 35.7. The second-order valence-corrected chi connectivity index (χ2v) is 10.8. The van der Waals surface area contributed by atoms with Crippen molar-refractivity contribution in [2.75, 3.05) is 24.3 Å². The number of hydrogen-bond acceptors (Lipinski definition) is 9. The number of aliphatic imine (C=N–C) groups is 1. The summed E-state index contributed by atoms with van der Waals surface area (Å²) in [6.07, 6.45) is 8.05. The number of carbonyl (C=O) groups excluding carboxylic acids is 1. The van der Waals surface area contributed by atoms with Gasteiger partial charge in [-0.2, -0.15) is 0 Å². The highest BCUT2D eigenvalue weighted by molar-refractivity contribution is 7.93. The van der Waals surface area contributed by atoms with Crippen molar-refractivity contribution >= 4 is 27.3 Å². The molecule has 2 aliphatic rings. The van der Waals surface area contributed by atoms with Crippen LogP contribution in [0.4, 0.5) is 5.69 Å². The van der Waals surface area contributed by atoms with Gasteiger partial charge in [0.05, 0.1) is 24.8 Å². The van der Waals surface area contributed by atoms with E-state index in [1.165, 1.54) is 12.4 Å². The summed E-state index contributed by atoms with van der Waals surface area (Å²) in [7, 11) is -3.59. The molecule has 2 aliphatic heterocycles. The quantitative estimate of drug-likeness (QED) is 0.637. The summed E-state index contributed by atoms with van der Waals surface area (Å²) in [5, 5.41) is 2.74. The predicted molar refractivity (Wildman–Crippen MR) is 122 cm³/mol. The molecule has 0 bridgehead atoms. The Morgan fingerprint density at radius 3 is 2.79 bits per heavy atom. The minimum absolute atomic E-state index is 0.0407. The molecule has 2 aromatic rings. The van der Waals surface area contributed by atoms with Gasteiger partial charge < -0.3 is 20.5 Å². The molecular weight excluding hydrogens is 446 g/mol. The van der Waals surface area contributed by atoms with Crippen LogP contribution < -0.4 is 20.5 Å². The van der Waals surface area contributed by atoms with Crippen LogP contribution in [0.5, 0.6) is 11.6 Å². The molecule has 172 valence electrons. The van der Waals surface area contributed by atoms with E-state index in [2.05, 4.69) is 26.2 Å². The van der Waals surface area contributed by atoms with E-state index in [4.69, 9.17) is 21.6 Å². The number of anilines is 1. The number of hydrogen-bond donors (Lipinski definition) is 2. The van der Waals surface area contributed by atoms with Crippen LogP contribution in [0.3, 0.4) is 0 Å². The zero-order valence-corrected chi connectivity index (χ0v) is 19.0. The zero-order chi connectivity index (χ0) is 23.9. The molecule has 4 rings (SSSR count). The Kier molecular flexibility index (Phi) is 5.49. The molecule has 1 amide bonds. The highest BCUT2D eigenvalue weighted by atomic mass is 32.2. The fraction of sp³-hybridized carbons (Fsp3) is 0.364. The molecule has 3 heterocycles. The summed E-state index contributed by atoms with van der Waals surface area (Å²) in [5.74, 6) is 2.37. The third kappa shape index (κ3) is 3.98. The first kappa shape index (κ1) is 22.5. The van der Waals surface area contributed by atoms with Gasteiger partial charge in [-0.05, 0) is 32.0 Å². The maximum atomic E-state index is 13.0. The van der Waals surface area contributed by atoms with Crippen molar-refractivity contribution in [3.8, 4) is 24.0 Å². The molecule has 0 aliphatic carbocycles. The smallest absolute Gasteiger partial charge is 0.275 e. The molecule has 11 heteroatoms. The average molecular weight is 470 g/mol. The maximum absolute atomic E-state index is 13.0. The van der Waals surface area contributed by atoms with Crippen molar-refractivity contribution < 1.29 is 22.7 Å². The monoisotopic (exact) mass is 469 g/mol. The molecule has 10 nitrogen and oxygen atoms in total. The van der Waals surface area contributed by atoms with Crippen LogP contribution in [0, 0.1) is 12.3 Å². The summed E-state index contributed by atoms with van der Waals surface area (Å²) in [6, 6.07) is 4.99. The number of terminal acetylenes is 1. The second-order valence-electron chi connectivity index (χ2n) is 8.29. The Labute approximate surface area is 191 Å². The number of amidine groups is 1. The lowest BCUT2D eigenvalue weighted by Crippen LogP contribution is -2.56. The van der Waals surface area contributed by atoms with Crippen molar-refractivity contribution in [2.45, 2.75) is 30.6 Å². The fourth-order valence-corrected chi connectivity index (χ4v) is 5.42. The van der Waals surface area contributed by atoms with E-state index in [1.54, 1.807) is 32.0 Å². The molecular formula is C22H23N5O5S. The molecule has 3 N–H and O–H groups in total. The summed E-state index contributed by atoms with van der Waals surface area (Å²) in [5.41, 5.74) is 6.08. The van der Waals surface area contributed by atoms with Crippen LogP contribution in [-0.4, -0.2) is 53.8 Å². The molecule has 0 saturated carbocycles. The van der Waals surface area contributed by atoms with Crippen molar-refractivity contribution in [1.82, 2.24) is 9.97 Å². The number of sulfone groups is 1. The molecule has 1 unspecified atom stereocenters. The van der Waals surface area contributed by atoms with Crippen LogP contribution in [0.1, 0.15) is 36.3 Å². The topological polar surface area (TPSA) is 146 Å². The highest BCUT2D eigenvalue weighted by Crippen LogP contribution is 2.46. The third-order valence-corrected chi connectivity index (χ3v) is 8.46. The van der Waals surface area contributed by atoms with Crippen molar-refractivity contribution in [1.29, 1.82) is 0 Å². The van der Waals surface area contributed by atoms with E-state index < -0.39 is 26.0 Å². The summed E-state index contributed by atoms with van der Waals surface area (Å²) in [4.78, 5) is 25.3. The number of carbonyl (C=O) groups is 1. The van der Waals surface area contributed by atoms with E-state index in [1.807, 2.05) is 0 Å². The second kappa shape index (κ2) is 8.04. The van der Waals surface area contributed by atoms with Gasteiger partial charge in [0.25, 0.3) is 5.91 Å². The average Bonchev–Trinajstić information content (AvgIpc) is 2.77. The van der Waals surface area contributed by atoms with Gasteiger partial charge in [-0.25, -0.2) is 18.4 Å². The SMILES string of the molecule is C#CCOc1cnc(C(=O)Nc2ccc3c(c2)C2(CCO3)CS(=O)(=O)C(C)(C)C(N)=N2)cn1. The van der Waals surface area contributed by atoms with Gasteiger partial charge >= 0.3 is 0 Å². The summed E-state index contributed by atoms with van der Waals surface area (Å²) in [6.45, 7) is 3.44. The first-order valence-corrected chi connectivity index (χ1v) is 11.8. The number of benzene rings is 1. The zero-order valence-electron chi connectivity index (χ0n) is 18.2. The van der Waals surface area contributed by atoms with Gasteiger partial charge in [-0.1, -0.05) is 5.92 Å². The molecule has 1 spiro atoms. The van der Waals surface area contributed by atoms with Gasteiger partial charge in [0.1, 0.15) is 27.6 Å². The van der Waals surface area contributed by atoms with Crippen LogP contribution >= 0.6 is 0 Å². The van der Waals surface area contributed by atoms with Crippen molar-refractivity contribution in [3.63, 3.8) is 0 Å². The lowest BCUT2D eigenvalue weighted by atomic mass is 9.85. The number of aromatic nitrogens is 2. The Balaban J connectivity index is 1.64. The number of nitrogens with one attached hydrogen (secondary N) is 1. The van der Waals surface area contributed by atoms with E-state index in [0.717, 1.165) is 0 Å². The Hall–Kier alpha value is -3.65. The molecule has 0 fully saturated rings. The summed E-state index contributed by atoms with van der Waals surface area (Å²) >= 11 is 0. The number of amides is 1. The first-order chi connectivity index (χ1) is 15.6. The van der Waals surface area contributed by atoms with Crippen LogP contribution in [-0.2, 0) is 15.4 Å². The standard InChI is InChI=1S/C22H23N5O5S/c1-4-8-32-18-12-24-16(11-25-18)19(28)26-14-5-6-17-15(10-14)22(7-9-31-17)13-33(29,30)21(2,3)20(23)27-22/h1,5-6,10-12H,7-9,13H2,2-3H3,(H2,23,27)(H,26,28). The minimum Gasteiger partial charge on any atom is -0.493 e. The van der Waals surface area contributed by atoms with Crippen molar-refractivity contribution in [3.05, 3.63) is 41.9 Å². The van der Waals surface area contributed by atoms with Gasteiger partial charge in [0, 0.05) is 17.7 Å². The lowest BCUT2D eigenvalue weighted by Gasteiger charge is -2.42. The van der Waals surface area contributed by atoms with Crippen LogP contribution in [0.15, 0.2) is 35.6 Å². The minimum atomic E-state index is -3.59. The van der Waals surface area contributed by atoms with Crippen molar-refractivity contribution in [2.24, 2.45) is 10.7 Å². The third-order valence-electron chi connectivity index (χ3n) is 5.83. The Morgan fingerprint density at radius 2 is 2.12 bits per heavy atom. The predicted octanol–water partition coefficient (Wildman–Crippen LogP) is 1.28. The Morgan fingerprint density at radius 1 is 1.33 bits per heavy atom. The van der Waals surface area contributed by atoms with E-state index >= 15 is 0 Å². The van der Waals surface area contributed by atoms with Gasteiger partial charge in [0.15, 0.2) is 16.4 Å². The van der Waals surface area contributed by atoms with Gasteiger partial charge in [-0.3, -0.25) is 9.79 Å². The molecule has 1 aromatic carbocycles. The molecule has 0 saturated heterocycles. The molecule has 1 aromatic heterocycles. The number of ether oxygens (including phenoxy) is 2. The van der Waals surface area contributed by atoms with E-state index in [-0.39, 0.29) is 29.8 Å². The van der Waals surface area contributed by atoms with Gasteiger partial charge in [0.2, 0.25) is 5.88 Å². The number of fused-ring (bicyclic) bond motifs is 2. The first-order valence-electron chi connectivity index (χ1n) is 10.1. The molecule has 1 atom stereocenters. The largest absolute Gasteiger partial charge is 0.493 e. The van der Waals surface area contributed by atoms with E-state index in [0.29, 0.717) is 30.0 Å². The van der Waals surface area contributed by atoms with Gasteiger partial charge in [-0.15, -0.1) is 6.42 Å². The van der Waals surface area contributed by atoms with E-state index in [9.17, 15) is 13.2 Å². The molecule has 33 heavy (non-hydrogen) atoms. The van der Waals surface area contributed by atoms with Crippen LogP contribution in [0.2, 0.25) is 0 Å². The van der Waals surface area contributed by atoms with Crippen LogP contribution in [0.25, 0.3) is 0 Å². The number of nitrogens with zero attached hydrogens (tertiary/aromatic N) is 3. The number of nitrogens with two attached hydrogens (primary N) is 1. The normalized spacial score (nSPS) is 22.3. The molecule has 0 radical (unpaired) electrons. The number of rotatable bonds is 4. The maximum Gasteiger partial charge on any atom is 0.275 e. The fourth-order valence-electron chi connectivity index (χ4n) is 3.70. The lowest BCUT2D eigenvalue weighted by molar-refractivity contribution is 0.102. The highest BCUT2D eigenvalue weighted by Gasteiger charge is 2.52.